The van der Waals surface area contributed by atoms with E-state index in [4.69, 9.17) is 4.42 Å². The number of hydrogen-bond acceptors (Lipinski definition) is 8. The molecule has 2 aromatic heterocycles. The summed E-state index contributed by atoms with van der Waals surface area (Å²) in [4.78, 5) is 29.2. The van der Waals surface area contributed by atoms with Gasteiger partial charge in [-0.15, -0.1) is 0 Å². The number of anilines is 1. The highest BCUT2D eigenvalue weighted by atomic mass is 16.3. The Morgan fingerprint density at radius 3 is 2.73 bits per heavy atom. The number of aliphatic hydroxyl groups excluding tert-OH is 1. The maximum Gasteiger partial charge on any atom is 0.273 e. The second-order valence-corrected chi connectivity index (χ2v) is 6.33. The summed E-state index contributed by atoms with van der Waals surface area (Å²) in [6.45, 7) is 6.00. The number of nitrogens with one attached hydrogen (secondary N) is 1. The summed E-state index contributed by atoms with van der Waals surface area (Å²) in [5.41, 5.74) is 0.266. The van der Waals surface area contributed by atoms with Gasteiger partial charge in [0.05, 0.1) is 12.6 Å². The average molecular weight is 360 g/mol. The highest BCUT2D eigenvalue weighted by Crippen LogP contribution is 2.12. The summed E-state index contributed by atoms with van der Waals surface area (Å²) < 4.78 is 5.43. The summed E-state index contributed by atoms with van der Waals surface area (Å²) in [7, 11) is 0. The molecule has 1 amide bonds. The molecule has 0 bridgehead atoms. The Morgan fingerprint density at radius 1 is 1.31 bits per heavy atom. The molecule has 1 aliphatic rings. The van der Waals surface area contributed by atoms with Gasteiger partial charge in [-0.1, -0.05) is 0 Å². The molecule has 26 heavy (non-hydrogen) atoms. The lowest BCUT2D eigenvalue weighted by Gasteiger charge is -2.33. The third-order valence-electron chi connectivity index (χ3n) is 4.20. The maximum atomic E-state index is 12.0. The number of rotatable bonds is 7. The Kier molecular flexibility index (Phi) is 6.13. The van der Waals surface area contributed by atoms with Gasteiger partial charge in [0, 0.05) is 45.1 Å². The molecule has 1 unspecified atom stereocenters. The van der Waals surface area contributed by atoms with E-state index < -0.39 is 6.10 Å². The number of oxazole rings is 1. The minimum absolute atomic E-state index is 0.266. The Hall–Kier alpha value is -2.52. The summed E-state index contributed by atoms with van der Waals surface area (Å²) in [5, 5.41) is 11.9. The Bertz CT molecular complexity index is 698. The van der Waals surface area contributed by atoms with Gasteiger partial charge in [-0.05, 0) is 19.4 Å². The van der Waals surface area contributed by atoms with Crippen molar-refractivity contribution in [3.8, 4) is 0 Å². The van der Waals surface area contributed by atoms with Crippen LogP contribution >= 0.6 is 0 Å². The van der Waals surface area contributed by atoms with Crippen LogP contribution < -0.4 is 10.2 Å². The van der Waals surface area contributed by atoms with E-state index in [1.54, 1.807) is 25.4 Å². The number of hydrogen-bond donors (Lipinski definition) is 2. The summed E-state index contributed by atoms with van der Waals surface area (Å²) in [6.07, 6.45) is 4.93. The van der Waals surface area contributed by atoms with Crippen LogP contribution in [0.3, 0.4) is 0 Å². The van der Waals surface area contributed by atoms with E-state index in [9.17, 15) is 9.90 Å². The number of amides is 1. The van der Waals surface area contributed by atoms with Crippen LogP contribution in [-0.4, -0.2) is 69.7 Å². The van der Waals surface area contributed by atoms with Crippen molar-refractivity contribution in [3.63, 3.8) is 0 Å². The molecule has 1 saturated heterocycles. The number of carbonyl (C=O) groups is 1. The monoisotopic (exact) mass is 360 g/mol. The molecule has 0 radical (unpaired) electrons. The van der Waals surface area contributed by atoms with Gasteiger partial charge in [0.15, 0.2) is 5.69 Å². The van der Waals surface area contributed by atoms with Crippen LogP contribution in [0.1, 0.15) is 29.7 Å². The molecule has 3 heterocycles. The van der Waals surface area contributed by atoms with Crippen molar-refractivity contribution >= 4 is 11.9 Å². The normalized spacial score (nSPS) is 16.5. The molecule has 0 aliphatic carbocycles. The largest absolute Gasteiger partial charge is 0.447 e. The molecule has 9 nitrogen and oxygen atoms in total. The molecular formula is C17H24N6O3. The zero-order valence-corrected chi connectivity index (χ0v) is 14.8. The first kappa shape index (κ1) is 18.3. The van der Waals surface area contributed by atoms with Gasteiger partial charge in [0.2, 0.25) is 11.8 Å². The van der Waals surface area contributed by atoms with Gasteiger partial charge >= 0.3 is 0 Å². The summed E-state index contributed by atoms with van der Waals surface area (Å²) >= 11 is 0. The smallest absolute Gasteiger partial charge is 0.273 e. The molecule has 9 heteroatoms. The Balaban J connectivity index is 1.45. The van der Waals surface area contributed by atoms with E-state index in [-0.39, 0.29) is 11.6 Å². The fourth-order valence-electron chi connectivity index (χ4n) is 2.72. The van der Waals surface area contributed by atoms with Crippen LogP contribution in [-0.2, 0) is 6.54 Å². The summed E-state index contributed by atoms with van der Waals surface area (Å²) in [6, 6.07) is 1.81. The van der Waals surface area contributed by atoms with Gasteiger partial charge < -0.3 is 19.7 Å². The predicted octanol–water partition coefficient (Wildman–Crippen LogP) is 0.288. The highest BCUT2D eigenvalue weighted by Gasteiger charge is 2.21. The first-order valence-corrected chi connectivity index (χ1v) is 8.77. The van der Waals surface area contributed by atoms with E-state index in [2.05, 4.69) is 30.1 Å². The zero-order chi connectivity index (χ0) is 18.4. The van der Waals surface area contributed by atoms with Crippen molar-refractivity contribution in [3.05, 3.63) is 36.3 Å². The predicted molar refractivity (Wildman–Crippen MR) is 94.7 cm³/mol. The maximum absolute atomic E-state index is 12.0. The van der Waals surface area contributed by atoms with Crippen LogP contribution in [0.4, 0.5) is 5.95 Å². The molecule has 2 aromatic rings. The number of aromatic nitrogens is 3. The minimum Gasteiger partial charge on any atom is -0.447 e. The number of carbonyl (C=O) groups excluding carboxylic acids is 1. The van der Waals surface area contributed by atoms with Crippen LogP contribution in [0.15, 0.2) is 29.1 Å². The molecular weight excluding hydrogens is 336 g/mol. The van der Waals surface area contributed by atoms with E-state index in [0.717, 1.165) is 32.1 Å². The van der Waals surface area contributed by atoms with Gasteiger partial charge in [-0.2, -0.15) is 0 Å². The first-order chi connectivity index (χ1) is 12.6. The van der Waals surface area contributed by atoms with E-state index in [1.807, 2.05) is 0 Å². The fraction of sp³-hybridized carbons (Fsp3) is 0.529. The quantitative estimate of drug-likeness (QED) is 0.725. The van der Waals surface area contributed by atoms with E-state index in [1.165, 1.54) is 6.26 Å². The third kappa shape index (κ3) is 4.99. The number of nitrogens with zero attached hydrogens (tertiary/aromatic N) is 5. The SMILES string of the molecule is CC(O)CCNC(=O)c1coc(CN2CCN(c3ncccn3)CC2)n1. The lowest BCUT2D eigenvalue weighted by Crippen LogP contribution is -2.46. The van der Waals surface area contributed by atoms with Gasteiger partial charge in [-0.3, -0.25) is 9.69 Å². The second kappa shape index (κ2) is 8.72. The lowest BCUT2D eigenvalue weighted by molar-refractivity contribution is 0.0940. The van der Waals surface area contributed by atoms with E-state index >= 15 is 0 Å². The van der Waals surface area contributed by atoms with Crippen molar-refractivity contribution in [2.24, 2.45) is 0 Å². The van der Waals surface area contributed by atoms with Crippen LogP contribution in [0.25, 0.3) is 0 Å². The molecule has 2 N–H and O–H groups in total. The zero-order valence-electron chi connectivity index (χ0n) is 14.8. The van der Waals surface area contributed by atoms with Crippen molar-refractivity contribution in [1.29, 1.82) is 0 Å². The number of aliphatic hydroxyl groups is 1. The van der Waals surface area contributed by atoms with Gasteiger partial charge in [-0.25, -0.2) is 15.0 Å². The third-order valence-corrected chi connectivity index (χ3v) is 4.20. The Labute approximate surface area is 152 Å². The topological polar surface area (TPSA) is 108 Å². The molecule has 0 aromatic carbocycles. The first-order valence-electron chi connectivity index (χ1n) is 8.77. The summed E-state index contributed by atoms with van der Waals surface area (Å²) in [5.74, 6) is 0.987. The van der Waals surface area contributed by atoms with Crippen LogP contribution in [0.5, 0.6) is 0 Å². The van der Waals surface area contributed by atoms with Crippen LogP contribution in [0.2, 0.25) is 0 Å². The van der Waals surface area contributed by atoms with E-state index in [0.29, 0.717) is 25.4 Å². The molecule has 0 spiro atoms. The van der Waals surface area contributed by atoms with Gasteiger partial charge in [0.25, 0.3) is 5.91 Å². The highest BCUT2D eigenvalue weighted by molar-refractivity contribution is 5.91. The molecule has 3 rings (SSSR count). The molecule has 0 saturated carbocycles. The van der Waals surface area contributed by atoms with Crippen molar-refractivity contribution in [1.82, 2.24) is 25.2 Å². The second-order valence-electron chi connectivity index (χ2n) is 6.33. The van der Waals surface area contributed by atoms with Gasteiger partial charge in [0.1, 0.15) is 6.26 Å². The Morgan fingerprint density at radius 2 is 2.04 bits per heavy atom. The van der Waals surface area contributed by atoms with Crippen LogP contribution in [0, 0.1) is 0 Å². The molecule has 1 atom stereocenters. The van der Waals surface area contributed by atoms with Crippen molar-refractivity contribution in [2.75, 3.05) is 37.6 Å². The lowest BCUT2D eigenvalue weighted by atomic mass is 10.3. The molecule has 1 fully saturated rings. The fourth-order valence-corrected chi connectivity index (χ4v) is 2.72. The molecule has 140 valence electrons. The minimum atomic E-state index is -0.442. The van der Waals surface area contributed by atoms with Crippen molar-refractivity contribution in [2.45, 2.75) is 26.0 Å². The molecule has 1 aliphatic heterocycles. The number of piperazine rings is 1. The average Bonchev–Trinajstić information content (AvgIpc) is 3.11. The standard InChI is InChI=1S/C17H24N6O3/c1-13(24)3-6-18-16(25)14-12-26-15(21-14)11-22-7-9-23(10-8-22)17-19-4-2-5-20-17/h2,4-5,12-13,24H,3,6-11H2,1H3,(H,18,25). The van der Waals surface area contributed by atoms with Crippen molar-refractivity contribution < 1.29 is 14.3 Å².